The van der Waals surface area contributed by atoms with E-state index >= 15 is 0 Å². The Morgan fingerprint density at radius 3 is 3.21 bits per heavy atom. The molecule has 1 aliphatic heterocycles. The van der Waals surface area contributed by atoms with Crippen LogP contribution in [0.4, 0.5) is 5.82 Å². The molecule has 14 heavy (non-hydrogen) atoms. The summed E-state index contributed by atoms with van der Waals surface area (Å²) < 4.78 is 0. The summed E-state index contributed by atoms with van der Waals surface area (Å²) in [6.07, 6.45) is 4.17. The summed E-state index contributed by atoms with van der Waals surface area (Å²) in [5.74, 6) is 0.882. The highest BCUT2D eigenvalue weighted by molar-refractivity contribution is 5.33. The van der Waals surface area contributed by atoms with E-state index in [1.54, 1.807) is 6.20 Å². The maximum atomic E-state index is 4.02. The number of nitrogens with zero attached hydrogens (tertiary/aromatic N) is 3. The summed E-state index contributed by atoms with van der Waals surface area (Å²) in [4.78, 5) is 2.34. The molecule has 0 bridgehead atoms. The quantitative estimate of drug-likeness (QED) is 0.758. The Kier molecular flexibility index (Phi) is 2.93. The third-order valence-corrected chi connectivity index (χ3v) is 2.55. The number of anilines is 1. The number of aromatic nitrogens is 2. The van der Waals surface area contributed by atoms with Crippen molar-refractivity contribution in [2.75, 3.05) is 25.5 Å². The Balaban J connectivity index is 1.91. The van der Waals surface area contributed by atoms with Crippen molar-refractivity contribution in [1.82, 2.24) is 15.1 Å². The molecule has 1 saturated heterocycles. The zero-order chi connectivity index (χ0) is 9.80. The average molecular weight is 192 g/mol. The zero-order valence-corrected chi connectivity index (χ0v) is 8.48. The van der Waals surface area contributed by atoms with Gasteiger partial charge in [-0.25, -0.2) is 0 Å². The van der Waals surface area contributed by atoms with Crippen LogP contribution in [0.15, 0.2) is 18.3 Å². The molecule has 1 fully saturated rings. The molecule has 0 amide bonds. The molecule has 1 unspecified atom stereocenters. The highest BCUT2D eigenvalue weighted by Gasteiger charge is 2.16. The van der Waals surface area contributed by atoms with Crippen molar-refractivity contribution >= 4 is 5.82 Å². The molecule has 1 N–H and O–H groups in total. The van der Waals surface area contributed by atoms with Gasteiger partial charge in [-0.15, -0.1) is 5.10 Å². The molecule has 1 aliphatic rings. The maximum Gasteiger partial charge on any atom is 0.148 e. The predicted molar refractivity (Wildman–Crippen MR) is 56.2 cm³/mol. The molecule has 0 aliphatic carbocycles. The third-order valence-electron chi connectivity index (χ3n) is 2.55. The normalized spacial score (nSPS) is 23.4. The van der Waals surface area contributed by atoms with Crippen molar-refractivity contribution in [1.29, 1.82) is 0 Å². The van der Waals surface area contributed by atoms with E-state index in [1.165, 1.54) is 19.4 Å². The zero-order valence-electron chi connectivity index (χ0n) is 8.48. The molecule has 1 aromatic heterocycles. The highest BCUT2D eigenvalue weighted by atomic mass is 15.2. The number of hydrogen-bond acceptors (Lipinski definition) is 4. The second-order valence-electron chi connectivity index (χ2n) is 3.85. The van der Waals surface area contributed by atoms with Crippen LogP contribution in [0.25, 0.3) is 0 Å². The van der Waals surface area contributed by atoms with Crippen LogP contribution in [0.5, 0.6) is 0 Å². The van der Waals surface area contributed by atoms with Crippen molar-refractivity contribution in [2.45, 2.75) is 18.9 Å². The topological polar surface area (TPSA) is 41.0 Å². The summed E-state index contributed by atoms with van der Waals surface area (Å²) in [6, 6.07) is 4.38. The first-order valence-electron chi connectivity index (χ1n) is 5.07. The van der Waals surface area contributed by atoms with Gasteiger partial charge in [0.2, 0.25) is 0 Å². The van der Waals surface area contributed by atoms with Crippen molar-refractivity contribution < 1.29 is 0 Å². The van der Waals surface area contributed by atoms with E-state index in [2.05, 4.69) is 27.5 Å². The highest BCUT2D eigenvalue weighted by Crippen LogP contribution is 2.12. The SMILES string of the molecule is CN1CCCC(Nc2cccnn2)C1. The molecule has 4 heteroatoms. The lowest BCUT2D eigenvalue weighted by molar-refractivity contribution is 0.260. The van der Waals surface area contributed by atoms with E-state index < -0.39 is 0 Å². The second kappa shape index (κ2) is 4.37. The van der Waals surface area contributed by atoms with Crippen molar-refractivity contribution in [2.24, 2.45) is 0 Å². The Hall–Kier alpha value is -1.16. The fourth-order valence-corrected chi connectivity index (χ4v) is 1.87. The lowest BCUT2D eigenvalue weighted by atomic mass is 10.1. The summed E-state index contributed by atoms with van der Waals surface area (Å²) in [6.45, 7) is 2.30. The molecule has 0 aromatic carbocycles. The van der Waals surface area contributed by atoms with Gasteiger partial charge < -0.3 is 10.2 Å². The lowest BCUT2D eigenvalue weighted by Crippen LogP contribution is -2.39. The maximum absolute atomic E-state index is 4.02. The van der Waals surface area contributed by atoms with E-state index in [1.807, 2.05) is 12.1 Å². The lowest BCUT2D eigenvalue weighted by Gasteiger charge is -2.30. The Morgan fingerprint density at radius 2 is 2.50 bits per heavy atom. The monoisotopic (exact) mass is 192 g/mol. The first kappa shape index (κ1) is 9.40. The van der Waals surface area contributed by atoms with Crippen LogP contribution in [-0.2, 0) is 0 Å². The van der Waals surface area contributed by atoms with Gasteiger partial charge in [-0.1, -0.05) is 0 Å². The molecule has 4 nitrogen and oxygen atoms in total. The van der Waals surface area contributed by atoms with Gasteiger partial charge in [0.25, 0.3) is 0 Å². The molecule has 0 saturated carbocycles. The molecule has 2 heterocycles. The van der Waals surface area contributed by atoms with Gasteiger partial charge in [0.1, 0.15) is 5.82 Å². The van der Waals surface area contributed by atoms with Crippen LogP contribution >= 0.6 is 0 Å². The number of nitrogens with one attached hydrogen (secondary N) is 1. The average Bonchev–Trinajstić information content (AvgIpc) is 2.19. The van der Waals surface area contributed by atoms with E-state index in [0.717, 1.165) is 12.4 Å². The van der Waals surface area contributed by atoms with Crippen LogP contribution in [0.3, 0.4) is 0 Å². The summed E-state index contributed by atoms with van der Waals surface area (Å²) in [5.41, 5.74) is 0. The largest absolute Gasteiger partial charge is 0.365 e. The van der Waals surface area contributed by atoms with Gasteiger partial charge in [0.05, 0.1) is 0 Å². The predicted octanol–water partition coefficient (Wildman–Crippen LogP) is 0.983. The van der Waals surface area contributed by atoms with Gasteiger partial charge in [-0.05, 0) is 38.6 Å². The smallest absolute Gasteiger partial charge is 0.148 e. The molecule has 0 spiro atoms. The summed E-state index contributed by atoms with van der Waals surface area (Å²) in [7, 11) is 2.16. The number of hydrogen-bond donors (Lipinski definition) is 1. The fraction of sp³-hybridized carbons (Fsp3) is 0.600. The molecule has 0 radical (unpaired) electrons. The van der Waals surface area contributed by atoms with Crippen LogP contribution in [0, 0.1) is 0 Å². The minimum atomic E-state index is 0.519. The third kappa shape index (κ3) is 2.42. The van der Waals surface area contributed by atoms with Gasteiger partial charge in [0, 0.05) is 18.8 Å². The van der Waals surface area contributed by atoms with E-state index in [4.69, 9.17) is 0 Å². The molecular formula is C10H16N4. The van der Waals surface area contributed by atoms with E-state index in [9.17, 15) is 0 Å². The van der Waals surface area contributed by atoms with Crippen molar-refractivity contribution in [3.63, 3.8) is 0 Å². The van der Waals surface area contributed by atoms with Crippen LogP contribution < -0.4 is 5.32 Å². The van der Waals surface area contributed by atoms with E-state index in [0.29, 0.717) is 6.04 Å². The van der Waals surface area contributed by atoms with Crippen LogP contribution in [0.1, 0.15) is 12.8 Å². The number of rotatable bonds is 2. The van der Waals surface area contributed by atoms with Crippen LogP contribution in [0.2, 0.25) is 0 Å². The molecule has 1 atom stereocenters. The standard InChI is InChI=1S/C10H16N4/c1-14-7-3-4-9(8-14)12-10-5-2-6-11-13-10/h2,5-6,9H,3-4,7-8H2,1H3,(H,12,13). The Labute approximate surface area is 84.3 Å². The first-order chi connectivity index (χ1) is 6.84. The first-order valence-corrected chi connectivity index (χ1v) is 5.07. The second-order valence-corrected chi connectivity index (χ2v) is 3.85. The van der Waals surface area contributed by atoms with Crippen molar-refractivity contribution in [3.8, 4) is 0 Å². The van der Waals surface area contributed by atoms with Crippen molar-refractivity contribution in [3.05, 3.63) is 18.3 Å². The fourth-order valence-electron chi connectivity index (χ4n) is 1.87. The van der Waals surface area contributed by atoms with Gasteiger partial charge in [-0.2, -0.15) is 5.10 Å². The van der Waals surface area contributed by atoms with E-state index in [-0.39, 0.29) is 0 Å². The van der Waals surface area contributed by atoms with Crippen LogP contribution in [-0.4, -0.2) is 41.3 Å². The number of piperidine rings is 1. The summed E-state index contributed by atoms with van der Waals surface area (Å²) >= 11 is 0. The minimum absolute atomic E-state index is 0.519. The van der Waals surface area contributed by atoms with Gasteiger partial charge >= 0.3 is 0 Å². The Morgan fingerprint density at radius 1 is 1.57 bits per heavy atom. The molecule has 1 aromatic rings. The number of likely N-dealkylation sites (tertiary alicyclic amines) is 1. The molecule has 2 rings (SSSR count). The molecular weight excluding hydrogens is 176 g/mol. The van der Waals surface area contributed by atoms with Gasteiger partial charge in [0.15, 0.2) is 0 Å². The molecule has 76 valence electrons. The van der Waals surface area contributed by atoms with Gasteiger partial charge in [-0.3, -0.25) is 0 Å². The summed E-state index contributed by atoms with van der Waals surface area (Å²) in [5, 5.41) is 11.3. The number of likely N-dealkylation sites (N-methyl/N-ethyl adjacent to an activating group) is 1. The Bertz CT molecular complexity index is 275. The minimum Gasteiger partial charge on any atom is -0.365 e.